The van der Waals surface area contributed by atoms with Crippen molar-refractivity contribution in [2.45, 2.75) is 4.43 Å². The molecule has 0 aliphatic carbocycles. The molecular weight excluding hydrogens is 297 g/mol. The number of carboxylic acids is 1. The monoisotopic (exact) mass is 303 g/mol. The van der Waals surface area contributed by atoms with Gasteiger partial charge in [-0.2, -0.15) is 0 Å². The average Bonchev–Trinajstić information content (AvgIpc) is 2.59. The highest BCUT2D eigenvalue weighted by atomic mass is 127. The molecule has 0 bridgehead atoms. The molecule has 2 heterocycles. The Kier molecular flexibility index (Phi) is 2.40. The van der Waals surface area contributed by atoms with Crippen molar-refractivity contribution < 1.29 is 14.3 Å². The molecule has 72 valence electrons. The second-order valence-electron chi connectivity index (χ2n) is 2.72. The second-order valence-corrected chi connectivity index (χ2v) is 3.49. The van der Waals surface area contributed by atoms with Crippen LogP contribution in [0, 0.1) is 0 Å². The first-order valence-electron chi connectivity index (χ1n) is 3.89. The fourth-order valence-electron chi connectivity index (χ4n) is 1.22. The summed E-state index contributed by atoms with van der Waals surface area (Å²) in [4.78, 5) is 14.9. The van der Waals surface area contributed by atoms with Crippen molar-refractivity contribution in [2.75, 3.05) is 0 Å². The number of carboxylic acid groups (broad SMARTS) is 1. The lowest BCUT2D eigenvalue weighted by Gasteiger charge is -1.93. The minimum Gasteiger partial charge on any atom is -0.478 e. The Balaban J connectivity index is 2.73. The summed E-state index contributed by atoms with van der Waals surface area (Å²) in [7, 11) is 0. The number of alkyl halides is 1. The van der Waals surface area contributed by atoms with Gasteiger partial charge in [-0.15, -0.1) is 0 Å². The maximum Gasteiger partial charge on any atom is 0.339 e. The summed E-state index contributed by atoms with van der Waals surface area (Å²) < 4.78 is 6.06. The maximum atomic E-state index is 10.8. The SMILES string of the molecule is O=C(O)c1ccnc2cc(CI)oc12. The van der Waals surface area contributed by atoms with Gasteiger partial charge >= 0.3 is 5.97 Å². The number of pyridine rings is 1. The third kappa shape index (κ3) is 1.47. The molecular formula is C9H6INO3. The van der Waals surface area contributed by atoms with Crippen LogP contribution in [-0.2, 0) is 4.43 Å². The van der Waals surface area contributed by atoms with Gasteiger partial charge < -0.3 is 9.52 Å². The van der Waals surface area contributed by atoms with Gasteiger partial charge in [-0.05, 0) is 6.07 Å². The van der Waals surface area contributed by atoms with Crippen LogP contribution >= 0.6 is 22.6 Å². The van der Waals surface area contributed by atoms with Gasteiger partial charge in [0.25, 0.3) is 0 Å². The van der Waals surface area contributed by atoms with Crippen molar-refractivity contribution >= 4 is 39.7 Å². The molecule has 0 aromatic carbocycles. The lowest BCUT2D eigenvalue weighted by molar-refractivity contribution is 0.0697. The van der Waals surface area contributed by atoms with Crippen molar-refractivity contribution in [3.05, 3.63) is 29.7 Å². The van der Waals surface area contributed by atoms with Gasteiger partial charge in [0.2, 0.25) is 0 Å². The van der Waals surface area contributed by atoms with E-state index in [0.717, 1.165) is 5.76 Å². The van der Waals surface area contributed by atoms with E-state index in [-0.39, 0.29) is 5.56 Å². The highest BCUT2D eigenvalue weighted by Crippen LogP contribution is 2.22. The number of hydrogen-bond acceptors (Lipinski definition) is 3. The summed E-state index contributed by atoms with van der Waals surface area (Å²) in [6.07, 6.45) is 1.47. The van der Waals surface area contributed by atoms with E-state index in [4.69, 9.17) is 9.52 Å². The predicted octanol–water partition coefficient (Wildman–Crippen LogP) is 2.46. The van der Waals surface area contributed by atoms with Gasteiger partial charge in [0.15, 0.2) is 5.58 Å². The van der Waals surface area contributed by atoms with Gasteiger partial charge in [-0.1, -0.05) is 22.6 Å². The molecule has 0 aliphatic heterocycles. The molecule has 14 heavy (non-hydrogen) atoms. The molecule has 0 saturated carbocycles. The largest absolute Gasteiger partial charge is 0.478 e. The van der Waals surface area contributed by atoms with E-state index in [1.807, 2.05) is 0 Å². The van der Waals surface area contributed by atoms with Crippen molar-refractivity contribution in [1.29, 1.82) is 0 Å². The molecule has 0 unspecified atom stereocenters. The molecule has 1 N–H and O–H groups in total. The van der Waals surface area contributed by atoms with Crippen LogP contribution in [0.5, 0.6) is 0 Å². The Bertz CT molecular complexity index is 492. The first-order chi connectivity index (χ1) is 6.72. The summed E-state index contributed by atoms with van der Waals surface area (Å²) in [5.41, 5.74) is 1.11. The van der Waals surface area contributed by atoms with Gasteiger partial charge in [-0.3, -0.25) is 4.98 Å². The van der Waals surface area contributed by atoms with Gasteiger partial charge in [0.05, 0.1) is 4.43 Å². The zero-order valence-corrected chi connectivity index (χ0v) is 9.19. The van der Waals surface area contributed by atoms with Crippen molar-refractivity contribution in [2.24, 2.45) is 0 Å². The highest BCUT2D eigenvalue weighted by Gasteiger charge is 2.13. The van der Waals surface area contributed by atoms with Crippen LogP contribution < -0.4 is 0 Å². The standard InChI is InChI=1S/C9H6INO3/c10-4-5-3-7-8(14-5)6(9(12)13)1-2-11-7/h1-3H,4H2,(H,12,13). The van der Waals surface area contributed by atoms with E-state index < -0.39 is 5.97 Å². The number of fused-ring (bicyclic) bond motifs is 1. The lowest BCUT2D eigenvalue weighted by Crippen LogP contribution is -1.96. The van der Waals surface area contributed by atoms with Crippen LogP contribution in [0.15, 0.2) is 22.7 Å². The van der Waals surface area contributed by atoms with Crippen LogP contribution in [-0.4, -0.2) is 16.1 Å². The van der Waals surface area contributed by atoms with Gasteiger partial charge in [-0.25, -0.2) is 4.79 Å². The first-order valence-corrected chi connectivity index (χ1v) is 5.41. The minimum absolute atomic E-state index is 0.158. The molecule has 2 rings (SSSR count). The number of rotatable bonds is 2. The molecule has 0 amide bonds. The second kappa shape index (κ2) is 3.56. The Labute approximate surface area is 93.1 Å². The van der Waals surface area contributed by atoms with Crippen LogP contribution in [0.4, 0.5) is 0 Å². The summed E-state index contributed by atoms with van der Waals surface area (Å²) in [5, 5.41) is 8.88. The number of furan rings is 1. The number of hydrogen-bond donors (Lipinski definition) is 1. The molecule has 0 spiro atoms. The zero-order chi connectivity index (χ0) is 10.1. The molecule has 0 aliphatic rings. The number of halogens is 1. The normalized spacial score (nSPS) is 10.6. The van der Waals surface area contributed by atoms with Crippen molar-refractivity contribution in [3.8, 4) is 0 Å². The van der Waals surface area contributed by atoms with Crippen molar-refractivity contribution in [1.82, 2.24) is 4.98 Å². The van der Waals surface area contributed by atoms with E-state index in [9.17, 15) is 4.79 Å². The van der Waals surface area contributed by atoms with E-state index in [1.165, 1.54) is 12.3 Å². The number of aromatic carboxylic acids is 1. The minimum atomic E-state index is -0.994. The summed E-state index contributed by atoms with van der Waals surface area (Å²) in [5.74, 6) is -0.256. The van der Waals surface area contributed by atoms with E-state index in [0.29, 0.717) is 15.5 Å². The van der Waals surface area contributed by atoms with Gasteiger partial charge in [0, 0.05) is 12.3 Å². The number of carbonyl (C=O) groups is 1. The smallest absolute Gasteiger partial charge is 0.339 e. The highest BCUT2D eigenvalue weighted by molar-refractivity contribution is 14.1. The van der Waals surface area contributed by atoms with E-state index in [1.54, 1.807) is 6.07 Å². The Morgan fingerprint density at radius 2 is 2.43 bits per heavy atom. The first kappa shape index (κ1) is 9.45. The van der Waals surface area contributed by atoms with Gasteiger partial charge in [0.1, 0.15) is 16.8 Å². The Hall–Kier alpha value is -1.11. The van der Waals surface area contributed by atoms with Crippen LogP contribution in [0.1, 0.15) is 16.1 Å². The molecule has 0 fully saturated rings. The Morgan fingerprint density at radius 1 is 1.64 bits per heavy atom. The maximum absolute atomic E-state index is 10.8. The fraction of sp³-hybridized carbons (Fsp3) is 0.111. The summed E-state index contributed by atoms with van der Waals surface area (Å²) >= 11 is 2.15. The molecule has 5 heteroatoms. The molecule has 0 radical (unpaired) electrons. The summed E-state index contributed by atoms with van der Waals surface area (Å²) in [6.45, 7) is 0. The molecule has 2 aromatic heterocycles. The topological polar surface area (TPSA) is 63.3 Å². The fourth-order valence-corrected chi connectivity index (χ4v) is 1.60. The van der Waals surface area contributed by atoms with Crippen LogP contribution in [0.3, 0.4) is 0 Å². The molecule has 0 atom stereocenters. The summed E-state index contributed by atoms with van der Waals surface area (Å²) in [6, 6.07) is 3.19. The molecule has 4 nitrogen and oxygen atoms in total. The molecule has 2 aromatic rings. The van der Waals surface area contributed by atoms with E-state index >= 15 is 0 Å². The van der Waals surface area contributed by atoms with E-state index in [2.05, 4.69) is 27.6 Å². The van der Waals surface area contributed by atoms with Crippen LogP contribution in [0.25, 0.3) is 11.1 Å². The number of aromatic nitrogens is 1. The number of nitrogens with zero attached hydrogens (tertiary/aromatic N) is 1. The van der Waals surface area contributed by atoms with Crippen LogP contribution in [0.2, 0.25) is 0 Å². The quantitative estimate of drug-likeness (QED) is 0.684. The molecule has 0 saturated heterocycles. The zero-order valence-electron chi connectivity index (χ0n) is 7.03. The third-order valence-corrected chi connectivity index (χ3v) is 2.58. The predicted molar refractivity (Wildman–Crippen MR) is 58.7 cm³/mol. The van der Waals surface area contributed by atoms with Crippen molar-refractivity contribution in [3.63, 3.8) is 0 Å². The lowest BCUT2D eigenvalue weighted by atomic mass is 10.2. The Morgan fingerprint density at radius 3 is 3.07 bits per heavy atom. The average molecular weight is 303 g/mol. The third-order valence-electron chi connectivity index (χ3n) is 1.83.